The lowest BCUT2D eigenvalue weighted by molar-refractivity contribution is -0.148. The van der Waals surface area contributed by atoms with E-state index in [-0.39, 0.29) is 17.5 Å². The Morgan fingerprint density at radius 2 is 2.23 bits per heavy atom. The summed E-state index contributed by atoms with van der Waals surface area (Å²) in [5.41, 5.74) is -0.196. The van der Waals surface area contributed by atoms with Crippen LogP contribution in [0, 0.1) is 5.41 Å². The largest absolute Gasteiger partial charge is 0.462 e. The van der Waals surface area contributed by atoms with Gasteiger partial charge in [-0.1, -0.05) is 26.7 Å². The molecule has 0 amide bonds. The molecule has 1 aliphatic rings. The third-order valence-electron chi connectivity index (χ3n) is 3.10. The average Bonchev–Trinajstić information content (AvgIpc) is 2.40. The van der Waals surface area contributed by atoms with Gasteiger partial charge in [0.25, 0.3) is 0 Å². The minimum absolute atomic E-state index is 0.0103. The Balaban J connectivity index is 2.45. The summed E-state index contributed by atoms with van der Waals surface area (Å²) in [6, 6.07) is 0. The van der Waals surface area contributed by atoms with Crippen molar-refractivity contribution in [2.75, 3.05) is 0 Å². The summed E-state index contributed by atoms with van der Waals surface area (Å²) in [5, 5.41) is 0. The number of cyclic esters (lactones) is 1. The zero-order valence-corrected chi connectivity index (χ0v) is 8.93. The van der Waals surface area contributed by atoms with Gasteiger partial charge in [-0.3, -0.25) is 4.79 Å². The lowest BCUT2D eigenvalue weighted by Crippen LogP contribution is -2.20. The van der Waals surface area contributed by atoms with E-state index in [2.05, 4.69) is 13.8 Å². The predicted molar refractivity (Wildman–Crippen MR) is 52.4 cm³/mol. The van der Waals surface area contributed by atoms with Gasteiger partial charge in [0.2, 0.25) is 0 Å². The number of esters is 1. The van der Waals surface area contributed by atoms with E-state index in [1.165, 1.54) is 6.42 Å². The molecule has 0 aromatic heterocycles. The number of unbranched alkanes of at least 4 members (excludes halogenated alkanes) is 1. The molecule has 2 nitrogen and oxygen atoms in total. The van der Waals surface area contributed by atoms with Crippen molar-refractivity contribution >= 4 is 5.97 Å². The first-order chi connectivity index (χ1) is 6.12. The number of carbonyl (C=O) groups is 1. The number of hydrogen-bond acceptors (Lipinski definition) is 2. The fraction of sp³-hybridized carbons (Fsp3) is 0.909. The molecule has 0 N–H and O–H groups in total. The summed E-state index contributed by atoms with van der Waals surface area (Å²) in [7, 11) is 0. The third-order valence-corrected chi connectivity index (χ3v) is 3.10. The van der Waals surface area contributed by atoms with Crippen molar-refractivity contribution in [3.8, 4) is 0 Å². The fourth-order valence-electron chi connectivity index (χ4n) is 1.80. The molecule has 0 radical (unpaired) electrons. The second kappa shape index (κ2) is 4.12. The molecule has 0 aromatic carbocycles. The van der Waals surface area contributed by atoms with Gasteiger partial charge in [-0.15, -0.1) is 0 Å². The molecule has 0 aliphatic carbocycles. The lowest BCUT2D eigenvalue weighted by Gasteiger charge is -2.14. The van der Waals surface area contributed by atoms with Gasteiger partial charge in [-0.2, -0.15) is 0 Å². The van der Waals surface area contributed by atoms with Crippen LogP contribution in [-0.4, -0.2) is 12.1 Å². The molecule has 13 heavy (non-hydrogen) atoms. The summed E-state index contributed by atoms with van der Waals surface area (Å²) in [5.74, 6) is 0.0103. The monoisotopic (exact) mass is 184 g/mol. The summed E-state index contributed by atoms with van der Waals surface area (Å²) in [6.45, 7) is 6.24. The molecule has 0 aromatic rings. The van der Waals surface area contributed by atoms with Crippen LogP contribution in [0.25, 0.3) is 0 Å². The van der Waals surface area contributed by atoms with Gasteiger partial charge in [-0.05, 0) is 19.8 Å². The first-order valence-electron chi connectivity index (χ1n) is 5.33. The van der Waals surface area contributed by atoms with Crippen molar-refractivity contribution in [3.63, 3.8) is 0 Å². The lowest BCUT2D eigenvalue weighted by atomic mass is 9.84. The van der Waals surface area contributed by atoms with Crippen molar-refractivity contribution in [2.45, 2.75) is 59.0 Å². The Labute approximate surface area is 80.7 Å². The van der Waals surface area contributed by atoms with Crippen molar-refractivity contribution in [1.29, 1.82) is 0 Å². The number of hydrogen-bond donors (Lipinski definition) is 0. The van der Waals surface area contributed by atoms with Crippen LogP contribution in [-0.2, 0) is 9.53 Å². The molecule has 1 saturated heterocycles. The highest BCUT2D eigenvalue weighted by Gasteiger charge is 2.43. The van der Waals surface area contributed by atoms with E-state index in [1.54, 1.807) is 0 Å². The number of carbonyl (C=O) groups excluding carboxylic acids is 1. The van der Waals surface area contributed by atoms with E-state index in [0.29, 0.717) is 0 Å². The van der Waals surface area contributed by atoms with Crippen molar-refractivity contribution in [3.05, 3.63) is 0 Å². The van der Waals surface area contributed by atoms with Gasteiger partial charge in [0.1, 0.15) is 6.10 Å². The topological polar surface area (TPSA) is 26.3 Å². The maximum absolute atomic E-state index is 11.5. The van der Waals surface area contributed by atoms with Gasteiger partial charge in [0.05, 0.1) is 5.41 Å². The first-order valence-corrected chi connectivity index (χ1v) is 5.33. The van der Waals surface area contributed by atoms with Crippen LogP contribution in [0.15, 0.2) is 0 Å². The van der Waals surface area contributed by atoms with Crippen molar-refractivity contribution < 1.29 is 9.53 Å². The summed E-state index contributed by atoms with van der Waals surface area (Å²) < 4.78 is 5.33. The van der Waals surface area contributed by atoms with Gasteiger partial charge < -0.3 is 4.74 Å². The minimum atomic E-state index is -0.196. The van der Waals surface area contributed by atoms with Crippen molar-refractivity contribution in [1.82, 2.24) is 0 Å². The molecule has 76 valence electrons. The predicted octanol–water partition coefficient (Wildman–Crippen LogP) is 2.91. The molecule has 1 aliphatic heterocycles. The highest BCUT2D eigenvalue weighted by atomic mass is 16.6. The van der Waals surface area contributed by atoms with Crippen LogP contribution in [0.4, 0.5) is 0 Å². The van der Waals surface area contributed by atoms with Crippen molar-refractivity contribution in [2.24, 2.45) is 5.41 Å². The molecule has 2 atom stereocenters. The molecule has 2 heteroatoms. The first kappa shape index (κ1) is 10.6. The molecule has 1 fully saturated rings. The van der Waals surface area contributed by atoms with Crippen LogP contribution in [0.3, 0.4) is 0 Å². The van der Waals surface area contributed by atoms with Gasteiger partial charge in [0.15, 0.2) is 0 Å². The standard InChI is InChI=1S/C11H20O2/c1-4-6-7-9-8-11(3,5-2)10(12)13-9/h9H,4-8H2,1-3H3. The smallest absolute Gasteiger partial charge is 0.312 e. The quantitative estimate of drug-likeness (QED) is 0.628. The zero-order chi connectivity index (χ0) is 9.90. The molecule has 0 spiro atoms. The van der Waals surface area contributed by atoms with E-state index >= 15 is 0 Å². The summed E-state index contributed by atoms with van der Waals surface area (Å²) in [4.78, 5) is 11.5. The van der Waals surface area contributed by atoms with E-state index in [1.807, 2.05) is 6.92 Å². The van der Waals surface area contributed by atoms with Crippen LogP contribution in [0.1, 0.15) is 52.9 Å². The number of ether oxygens (including phenoxy) is 1. The average molecular weight is 184 g/mol. The highest BCUT2D eigenvalue weighted by molar-refractivity contribution is 5.78. The molecule has 2 unspecified atom stereocenters. The maximum atomic E-state index is 11.5. The zero-order valence-electron chi connectivity index (χ0n) is 8.93. The van der Waals surface area contributed by atoms with E-state index in [9.17, 15) is 4.79 Å². The maximum Gasteiger partial charge on any atom is 0.312 e. The molecule has 0 saturated carbocycles. The Kier molecular flexibility index (Phi) is 3.34. The Morgan fingerprint density at radius 1 is 1.54 bits per heavy atom. The Bertz CT molecular complexity index is 189. The molecular weight excluding hydrogens is 164 g/mol. The van der Waals surface area contributed by atoms with Gasteiger partial charge >= 0.3 is 5.97 Å². The normalized spacial score (nSPS) is 33.5. The SMILES string of the molecule is CCCCC1CC(C)(CC)C(=O)O1. The molecule has 1 rings (SSSR count). The van der Waals surface area contributed by atoms with E-state index in [0.717, 1.165) is 25.7 Å². The number of rotatable bonds is 4. The van der Waals surface area contributed by atoms with Gasteiger partial charge in [0, 0.05) is 6.42 Å². The third kappa shape index (κ3) is 2.23. The second-order valence-electron chi connectivity index (χ2n) is 4.29. The van der Waals surface area contributed by atoms with E-state index < -0.39 is 0 Å². The highest BCUT2D eigenvalue weighted by Crippen LogP contribution is 2.38. The second-order valence-corrected chi connectivity index (χ2v) is 4.29. The van der Waals surface area contributed by atoms with E-state index in [4.69, 9.17) is 4.74 Å². The van der Waals surface area contributed by atoms with Crippen LogP contribution in [0.2, 0.25) is 0 Å². The summed E-state index contributed by atoms with van der Waals surface area (Å²) in [6.07, 6.45) is 5.39. The molecular formula is C11H20O2. The van der Waals surface area contributed by atoms with Gasteiger partial charge in [-0.25, -0.2) is 0 Å². The molecule has 1 heterocycles. The molecule has 0 bridgehead atoms. The van der Waals surface area contributed by atoms with Crippen LogP contribution in [0.5, 0.6) is 0 Å². The minimum Gasteiger partial charge on any atom is -0.462 e. The van der Waals surface area contributed by atoms with Crippen LogP contribution < -0.4 is 0 Å². The fourth-order valence-corrected chi connectivity index (χ4v) is 1.80. The summed E-state index contributed by atoms with van der Waals surface area (Å²) >= 11 is 0. The Morgan fingerprint density at radius 3 is 2.69 bits per heavy atom. The Hall–Kier alpha value is -0.530. The van der Waals surface area contributed by atoms with Crippen LogP contribution >= 0.6 is 0 Å².